The predicted octanol–water partition coefficient (Wildman–Crippen LogP) is 1.88. The van der Waals surface area contributed by atoms with E-state index in [-0.39, 0.29) is 5.75 Å². The topological polar surface area (TPSA) is 58.2 Å². The van der Waals surface area contributed by atoms with Crippen LogP contribution in [-0.2, 0) is 10.0 Å². The van der Waals surface area contributed by atoms with Crippen molar-refractivity contribution in [3.8, 4) is 0 Å². The molecule has 0 heterocycles. The van der Waals surface area contributed by atoms with Gasteiger partial charge < -0.3 is 5.32 Å². The van der Waals surface area contributed by atoms with Crippen LogP contribution in [0.15, 0.2) is 0 Å². The Morgan fingerprint density at radius 1 is 0.882 bits per heavy atom. The summed E-state index contributed by atoms with van der Waals surface area (Å²) >= 11 is 0. The van der Waals surface area contributed by atoms with Gasteiger partial charge in [0.1, 0.15) is 0 Å². The van der Waals surface area contributed by atoms with E-state index in [0.29, 0.717) is 13.0 Å². The Bertz CT molecular complexity index is 253. The lowest BCUT2D eigenvalue weighted by Crippen LogP contribution is -2.28. The van der Waals surface area contributed by atoms with Crippen LogP contribution in [0, 0.1) is 0 Å². The van der Waals surface area contributed by atoms with Gasteiger partial charge in [0.2, 0.25) is 10.0 Å². The van der Waals surface area contributed by atoms with Crippen LogP contribution in [0.5, 0.6) is 0 Å². The molecular formula is C12H28N2O2S. The molecule has 0 aliphatic carbocycles. The zero-order valence-corrected chi connectivity index (χ0v) is 12.1. The van der Waals surface area contributed by atoms with Crippen molar-refractivity contribution in [1.29, 1.82) is 0 Å². The van der Waals surface area contributed by atoms with Crippen molar-refractivity contribution in [3.63, 3.8) is 0 Å². The fourth-order valence-electron chi connectivity index (χ4n) is 1.64. The zero-order chi connectivity index (χ0) is 13.0. The highest BCUT2D eigenvalue weighted by atomic mass is 32.2. The normalized spacial score (nSPS) is 11.9. The van der Waals surface area contributed by atoms with E-state index in [4.69, 9.17) is 0 Å². The van der Waals surface area contributed by atoms with Crippen LogP contribution in [-0.4, -0.2) is 34.3 Å². The van der Waals surface area contributed by atoms with Crippen LogP contribution < -0.4 is 10.0 Å². The second-order valence-electron chi connectivity index (χ2n) is 4.44. The molecule has 0 amide bonds. The van der Waals surface area contributed by atoms with Crippen molar-refractivity contribution < 1.29 is 8.42 Å². The molecule has 0 aromatic rings. The van der Waals surface area contributed by atoms with Gasteiger partial charge in [0, 0.05) is 6.54 Å². The Morgan fingerprint density at radius 2 is 1.53 bits per heavy atom. The number of unbranched alkanes of at least 4 members (excludes halogenated alkanes) is 5. The minimum absolute atomic E-state index is 0.226. The monoisotopic (exact) mass is 264 g/mol. The van der Waals surface area contributed by atoms with Crippen molar-refractivity contribution >= 4 is 10.0 Å². The minimum Gasteiger partial charge on any atom is -0.320 e. The average molecular weight is 264 g/mol. The van der Waals surface area contributed by atoms with Gasteiger partial charge in [-0.1, -0.05) is 39.0 Å². The Labute approximate surface area is 107 Å². The molecule has 0 spiro atoms. The van der Waals surface area contributed by atoms with Gasteiger partial charge in [0.25, 0.3) is 0 Å². The lowest BCUT2D eigenvalue weighted by Gasteiger charge is -2.06. The maximum absolute atomic E-state index is 11.5. The van der Waals surface area contributed by atoms with Gasteiger partial charge in [-0.15, -0.1) is 0 Å². The fourth-order valence-corrected chi connectivity index (χ4v) is 2.77. The Kier molecular flexibility index (Phi) is 10.9. The molecule has 5 heteroatoms. The summed E-state index contributed by atoms with van der Waals surface area (Å²) in [7, 11) is -1.21. The first kappa shape index (κ1) is 16.9. The Hall–Kier alpha value is -0.130. The molecule has 0 aromatic heterocycles. The van der Waals surface area contributed by atoms with Crippen molar-refractivity contribution in [3.05, 3.63) is 0 Å². The third-order valence-corrected chi connectivity index (χ3v) is 4.16. The quantitative estimate of drug-likeness (QED) is 0.529. The average Bonchev–Trinajstić information content (AvgIpc) is 2.28. The molecule has 0 unspecified atom stereocenters. The number of rotatable bonds is 12. The number of hydrogen-bond donors (Lipinski definition) is 2. The molecule has 17 heavy (non-hydrogen) atoms. The predicted molar refractivity (Wildman–Crippen MR) is 73.7 cm³/mol. The standard InChI is InChI=1S/C12H28N2O2S/c1-3-4-5-6-7-8-11-14-17(15,16)12-9-10-13-2/h13-14H,3-12H2,1-2H3. The van der Waals surface area contributed by atoms with Gasteiger partial charge in [-0.3, -0.25) is 0 Å². The molecular weight excluding hydrogens is 236 g/mol. The van der Waals surface area contributed by atoms with Crippen LogP contribution in [0.3, 0.4) is 0 Å². The van der Waals surface area contributed by atoms with Crippen LogP contribution in [0.25, 0.3) is 0 Å². The van der Waals surface area contributed by atoms with Crippen molar-refractivity contribution in [2.75, 3.05) is 25.9 Å². The minimum atomic E-state index is -3.04. The first-order valence-corrected chi connectivity index (χ1v) is 8.39. The largest absolute Gasteiger partial charge is 0.320 e. The van der Waals surface area contributed by atoms with E-state index < -0.39 is 10.0 Å². The highest BCUT2D eigenvalue weighted by molar-refractivity contribution is 7.89. The van der Waals surface area contributed by atoms with E-state index in [1.54, 1.807) is 0 Å². The van der Waals surface area contributed by atoms with E-state index >= 15 is 0 Å². The molecule has 104 valence electrons. The van der Waals surface area contributed by atoms with E-state index in [1.165, 1.54) is 25.7 Å². The molecule has 0 saturated heterocycles. The lowest BCUT2D eigenvalue weighted by molar-refractivity contribution is 0.564. The molecule has 0 aromatic carbocycles. The molecule has 0 aliphatic heterocycles. The van der Waals surface area contributed by atoms with Crippen molar-refractivity contribution in [1.82, 2.24) is 10.0 Å². The van der Waals surface area contributed by atoms with Crippen LogP contribution in [0.4, 0.5) is 0 Å². The van der Waals surface area contributed by atoms with Gasteiger partial charge in [-0.05, 0) is 26.4 Å². The number of sulfonamides is 1. The summed E-state index contributed by atoms with van der Waals surface area (Å²) in [6, 6.07) is 0. The smallest absolute Gasteiger partial charge is 0.211 e. The van der Waals surface area contributed by atoms with Crippen molar-refractivity contribution in [2.45, 2.75) is 51.9 Å². The first-order valence-electron chi connectivity index (χ1n) is 6.74. The maximum Gasteiger partial charge on any atom is 0.211 e. The van der Waals surface area contributed by atoms with Gasteiger partial charge in [0.15, 0.2) is 0 Å². The third kappa shape index (κ3) is 12.1. The molecule has 2 N–H and O–H groups in total. The SMILES string of the molecule is CCCCCCCCNS(=O)(=O)CCCNC. The van der Waals surface area contributed by atoms with Gasteiger partial charge >= 0.3 is 0 Å². The lowest BCUT2D eigenvalue weighted by atomic mass is 10.1. The van der Waals surface area contributed by atoms with E-state index in [2.05, 4.69) is 17.0 Å². The van der Waals surface area contributed by atoms with E-state index in [0.717, 1.165) is 19.4 Å². The Morgan fingerprint density at radius 3 is 2.18 bits per heavy atom. The molecule has 0 saturated carbocycles. The first-order chi connectivity index (χ1) is 8.12. The fraction of sp³-hybridized carbons (Fsp3) is 1.00. The maximum atomic E-state index is 11.5. The summed E-state index contributed by atoms with van der Waals surface area (Å²) in [6.45, 7) is 3.53. The summed E-state index contributed by atoms with van der Waals surface area (Å²) in [4.78, 5) is 0. The van der Waals surface area contributed by atoms with Crippen LogP contribution >= 0.6 is 0 Å². The molecule has 4 nitrogen and oxygen atoms in total. The molecule has 0 bridgehead atoms. The van der Waals surface area contributed by atoms with Crippen molar-refractivity contribution in [2.24, 2.45) is 0 Å². The van der Waals surface area contributed by atoms with Crippen LogP contribution in [0.1, 0.15) is 51.9 Å². The number of nitrogens with one attached hydrogen (secondary N) is 2. The molecule has 0 rings (SSSR count). The molecule has 0 fully saturated rings. The summed E-state index contributed by atoms with van der Waals surface area (Å²) in [5, 5.41) is 2.94. The summed E-state index contributed by atoms with van der Waals surface area (Å²) in [5.74, 6) is 0.226. The summed E-state index contributed by atoms with van der Waals surface area (Å²) < 4.78 is 25.7. The van der Waals surface area contributed by atoms with Gasteiger partial charge in [-0.25, -0.2) is 13.1 Å². The third-order valence-electron chi connectivity index (χ3n) is 2.69. The van der Waals surface area contributed by atoms with E-state index in [9.17, 15) is 8.42 Å². The summed E-state index contributed by atoms with van der Waals surface area (Å²) in [6.07, 6.45) is 7.77. The highest BCUT2D eigenvalue weighted by Gasteiger charge is 2.07. The highest BCUT2D eigenvalue weighted by Crippen LogP contribution is 2.04. The molecule has 0 radical (unpaired) electrons. The Balaban J connectivity index is 3.39. The number of hydrogen-bond acceptors (Lipinski definition) is 3. The van der Waals surface area contributed by atoms with Gasteiger partial charge in [0.05, 0.1) is 5.75 Å². The molecule has 0 atom stereocenters. The molecule has 0 aliphatic rings. The summed E-state index contributed by atoms with van der Waals surface area (Å²) in [5.41, 5.74) is 0. The van der Waals surface area contributed by atoms with E-state index in [1.807, 2.05) is 7.05 Å². The zero-order valence-electron chi connectivity index (χ0n) is 11.3. The second kappa shape index (κ2) is 11.0. The van der Waals surface area contributed by atoms with Crippen LogP contribution in [0.2, 0.25) is 0 Å². The second-order valence-corrected chi connectivity index (χ2v) is 6.36. The van der Waals surface area contributed by atoms with Gasteiger partial charge in [-0.2, -0.15) is 0 Å².